The van der Waals surface area contributed by atoms with E-state index in [1.54, 1.807) is 11.3 Å². The quantitative estimate of drug-likeness (QED) is 0.552. The number of thiazole rings is 1. The molecular formula is C22H34N4O2S. The van der Waals surface area contributed by atoms with Crippen LogP contribution in [0.25, 0.3) is 10.2 Å². The van der Waals surface area contributed by atoms with Gasteiger partial charge >= 0.3 is 0 Å². The summed E-state index contributed by atoms with van der Waals surface area (Å²) in [6.07, 6.45) is 1.15. The fourth-order valence-electron chi connectivity index (χ4n) is 3.27. The standard InChI is InChI=1S/C22H34N4O2S/c1-13(2)10-15(5)21(27)26-18(22(28)24-9-8-23)12-20-25-17-7-6-16(14(3)4)11-19(17)29-20/h6-7,11,13-15,18H,8-10,12,23H2,1-5H3,(H,24,28)(H,26,27)/t15?,18-/m0/s1. The number of hydrogen-bond donors (Lipinski definition) is 3. The van der Waals surface area contributed by atoms with E-state index in [0.717, 1.165) is 21.6 Å². The van der Waals surface area contributed by atoms with Gasteiger partial charge in [-0.2, -0.15) is 0 Å². The Morgan fingerprint density at radius 2 is 1.86 bits per heavy atom. The van der Waals surface area contributed by atoms with Crippen LogP contribution in [0.3, 0.4) is 0 Å². The SMILES string of the molecule is CC(C)CC(C)C(=O)N[C@@H](Cc1nc2ccc(C(C)C)cc2s1)C(=O)NCCN. The van der Waals surface area contributed by atoms with E-state index in [9.17, 15) is 9.59 Å². The summed E-state index contributed by atoms with van der Waals surface area (Å²) in [7, 11) is 0. The fraction of sp³-hybridized carbons (Fsp3) is 0.591. The highest BCUT2D eigenvalue weighted by Crippen LogP contribution is 2.27. The topological polar surface area (TPSA) is 97.1 Å². The van der Waals surface area contributed by atoms with Crippen LogP contribution in [0.1, 0.15) is 57.5 Å². The minimum Gasteiger partial charge on any atom is -0.353 e. The Morgan fingerprint density at radius 3 is 2.48 bits per heavy atom. The van der Waals surface area contributed by atoms with Gasteiger partial charge in [0.15, 0.2) is 0 Å². The molecule has 6 nitrogen and oxygen atoms in total. The minimum atomic E-state index is -0.659. The zero-order valence-corrected chi connectivity index (χ0v) is 18.9. The van der Waals surface area contributed by atoms with Gasteiger partial charge in [0.1, 0.15) is 6.04 Å². The second-order valence-electron chi connectivity index (χ2n) is 8.37. The van der Waals surface area contributed by atoms with Crippen molar-refractivity contribution < 1.29 is 9.59 Å². The van der Waals surface area contributed by atoms with Crippen LogP contribution in [0.4, 0.5) is 0 Å². The first-order chi connectivity index (χ1) is 13.7. The van der Waals surface area contributed by atoms with E-state index in [2.05, 4.69) is 55.4 Å². The molecule has 0 radical (unpaired) electrons. The van der Waals surface area contributed by atoms with Crippen molar-refractivity contribution in [2.24, 2.45) is 17.6 Å². The van der Waals surface area contributed by atoms with E-state index in [1.807, 2.05) is 13.0 Å². The highest BCUT2D eigenvalue weighted by molar-refractivity contribution is 7.18. The number of nitrogens with two attached hydrogens (primary N) is 1. The van der Waals surface area contributed by atoms with Gasteiger partial charge in [-0.25, -0.2) is 4.98 Å². The van der Waals surface area contributed by atoms with Gasteiger partial charge in [0, 0.05) is 25.4 Å². The van der Waals surface area contributed by atoms with Gasteiger partial charge in [0.05, 0.1) is 15.2 Å². The van der Waals surface area contributed by atoms with E-state index in [4.69, 9.17) is 5.73 Å². The predicted octanol–water partition coefficient (Wildman–Crippen LogP) is 3.20. The number of aromatic nitrogens is 1. The van der Waals surface area contributed by atoms with Gasteiger partial charge in [0.2, 0.25) is 11.8 Å². The van der Waals surface area contributed by atoms with Crippen molar-refractivity contribution in [1.29, 1.82) is 0 Å². The van der Waals surface area contributed by atoms with Crippen LogP contribution in [0, 0.1) is 11.8 Å². The molecule has 1 heterocycles. The van der Waals surface area contributed by atoms with Crippen molar-refractivity contribution >= 4 is 33.4 Å². The van der Waals surface area contributed by atoms with Crippen LogP contribution in [0.15, 0.2) is 18.2 Å². The van der Waals surface area contributed by atoms with Crippen molar-refractivity contribution in [3.63, 3.8) is 0 Å². The third-order valence-electron chi connectivity index (χ3n) is 4.85. The zero-order chi connectivity index (χ0) is 21.6. The van der Waals surface area contributed by atoms with Crippen LogP contribution in [-0.2, 0) is 16.0 Å². The maximum absolute atomic E-state index is 12.6. The zero-order valence-electron chi connectivity index (χ0n) is 18.1. The van der Waals surface area contributed by atoms with Gasteiger partial charge in [-0.05, 0) is 36.0 Å². The third-order valence-corrected chi connectivity index (χ3v) is 5.89. The molecule has 0 aliphatic heterocycles. The Labute approximate surface area is 177 Å². The number of amides is 2. The second-order valence-corrected chi connectivity index (χ2v) is 9.48. The van der Waals surface area contributed by atoms with E-state index < -0.39 is 6.04 Å². The first-order valence-corrected chi connectivity index (χ1v) is 11.2. The maximum atomic E-state index is 12.6. The lowest BCUT2D eigenvalue weighted by molar-refractivity contribution is -0.131. The van der Waals surface area contributed by atoms with Crippen LogP contribution in [0.2, 0.25) is 0 Å². The van der Waals surface area contributed by atoms with E-state index >= 15 is 0 Å². The number of nitrogens with zero attached hydrogens (tertiary/aromatic N) is 1. The van der Waals surface area contributed by atoms with Crippen LogP contribution >= 0.6 is 11.3 Å². The van der Waals surface area contributed by atoms with Crippen molar-refractivity contribution in [2.45, 2.75) is 59.4 Å². The van der Waals surface area contributed by atoms with Crippen LogP contribution in [0.5, 0.6) is 0 Å². The molecule has 0 saturated carbocycles. The van der Waals surface area contributed by atoms with Gasteiger partial charge in [-0.1, -0.05) is 40.7 Å². The number of rotatable bonds is 10. The maximum Gasteiger partial charge on any atom is 0.243 e. The number of carbonyl (C=O) groups excluding carboxylic acids is 2. The first kappa shape index (κ1) is 23.3. The van der Waals surface area contributed by atoms with E-state index in [-0.39, 0.29) is 17.7 Å². The normalized spacial score (nSPS) is 13.7. The number of carbonyl (C=O) groups is 2. The Kier molecular flexibility index (Phi) is 8.59. The number of fused-ring (bicyclic) bond motifs is 1. The third kappa shape index (κ3) is 6.78. The summed E-state index contributed by atoms with van der Waals surface area (Å²) in [5.74, 6) is 0.391. The lowest BCUT2D eigenvalue weighted by atomic mass is 9.97. The van der Waals surface area contributed by atoms with Gasteiger partial charge in [0.25, 0.3) is 0 Å². The fourth-order valence-corrected chi connectivity index (χ4v) is 4.33. The molecule has 2 aromatic rings. The number of benzene rings is 1. The molecule has 0 bridgehead atoms. The van der Waals surface area contributed by atoms with Crippen LogP contribution in [-0.4, -0.2) is 35.9 Å². The molecule has 1 aromatic carbocycles. The van der Waals surface area contributed by atoms with Crippen molar-refractivity contribution in [3.8, 4) is 0 Å². The smallest absolute Gasteiger partial charge is 0.243 e. The molecule has 160 valence electrons. The summed E-state index contributed by atoms with van der Waals surface area (Å²) in [5.41, 5.74) is 7.70. The van der Waals surface area contributed by atoms with Gasteiger partial charge in [-0.3, -0.25) is 9.59 Å². The molecular weight excluding hydrogens is 384 g/mol. The number of nitrogens with one attached hydrogen (secondary N) is 2. The highest BCUT2D eigenvalue weighted by atomic mass is 32.1. The number of hydrogen-bond acceptors (Lipinski definition) is 5. The van der Waals surface area contributed by atoms with Crippen molar-refractivity contribution in [3.05, 3.63) is 28.8 Å². The molecule has 2 atom stereocenters. The molecule has 0 aliphatic rings. The molecule has 7 heteroatoms. The Bertz CT molecular complexity index is 831. The van der Waals surface area contributed by atoms with Crippen LogP contribution < -0.4 is 16.4 Å². The predicted molar refractivity (Wildman–Crippen MR) is 120 cm³/mol. The molecule has 2 amide bonds. The summed E-state index contributed by atoms with van der Waals surface area (Å²) in [6.45, 7) is 11.1. The van der Waals surface area contributed by atoms with Crippen molar-refractivity contribution in [1.82, 2.24) is 15.6 Å². The molecule has 0 aliphatic carbocycles. The molecule has 0 saturated heterocycles. The molecule has 0 spiro atoms. The second kappa shape index (κ2) is 10.7. The van der Waals surface area contributed by atoms with E-state index in [1.165, 1.54) is 5.56 Å². The molecule has 4 N–H and O–H groups in total. The Balaban J connectivity index is 2.19. The summed E-state index contributed by atoms with van der Waals surface area (Å²) in [5, 5.41) is 6.56. The monoisotopic (exact) mass is 418 g/mol. The summed E-state index contributed by atoms with van der Waals surface area (Å²) < 4.78 is 1.10. The molecule has 1 unspecified atom stereocenters. The molecule has 29 heavy (non-hydrogen) atoms. The molecule has 1 aromatic heterocycles. The highest BCUT2D eigenvalue weighted by Gasteiger charge is 2.25. The summed E-state index contributed by atoms with van der Waals surface area (Å²) in [4.78, 5) is 29.9. The summed E-state index contributed by atoms with van der Waals surface area (Å²) in [6, 6.07) is 5.62. The molecule has 0 fully saturated rings. The molecule has 2 rings (SSSR count). The largest absolute Gasteiger partial charge is 0.353 e. The average molecular weight is 419 g/mol. The van der Waals surface area contributed by atoms with Gasteiger partial charge in [-0.15, -0.1) is 11.3 Å². The lowest BCUT2D eigenvalue weighted by Gasteiger charge is -2.20. The Hall–Kier alpha value is -1.99. The average Bonchev–Trinajstić information content (AvgIpc) is 3.06. The minimum absolute atomic E-state index is 0.102. The Morgan fingerprint density at radius 1 is 1.14 bits per heavy atom. The van der Waals surface area contributed by atoms with E-state index in [0.29, 0.717) is 31.3 Å². The summed E-state index contributed by atoms with van der Waals surface area (Å²) >= 11 is 1.58. The first-order valence-electron chi connectivity index (χ1n) is 10.4. The van der Waals surface area contributed by atoms with Crippen molar-refractivity contribution in [2.75, 3.05) is 13.1 Å². The lowest BCUT2D eigenvalue weighted by Crippen LogP contribution is -2.50. The van der Waals surface area contributed by atoms with Gasteiger partial charge < -0.3 is 16.4 Å².